The van der Waals surface area contributed by atoms with Crippen molar-refractivity contribution >= 4 is 34.8 Å². The smallest absolute Gasteiger partial charge is 0.251 e. The highest BCUT2D eigenvalue weighted by atomic mass is 16.1. The van der Waals surface area contributed by atoms with Crippen LogP contribution in [0, 0.1) is 0 Å². The minimum atomic E-state index is -0.608. The van der Waals surface area contributed by atoms with E-state index in [1.807, 2.05) is 24.3 Å². The molecule has 3 N–H and O–H groups in total. The molecule has 0 saturated heterocycles. The number of amides is 2. The fraction of sp³-hybridized carbons (Fsp3) is 0.0556. The van der Waals surface area contributed by atoms with E-state index in [4.69, 9.17) is 5.73 Å². The number of carbonyl (C=O) groups is 2. The lowest BCUT2D eigenvalue weighted by molar-refractivity contribution is -0.114. The highest BCUT2D eigenvalue weighted by molar-refractivity contribution is 5.95. The molecule has 8 nitrogen and oxygen atoms in total. The third kappa shape index (κ3) is 3.64. The van der Waals surface area contributed by atoms with Gasteiger partial charge in [-0.15, -0.1) is 0 Å². The lowest BCUT2D eigenvalue weighted by atomic mass is 10.2. The van der Waals surface area contributed by atoms with Crippen molar-refractivity contribution in [2.45, 2.75) is 6.92 Å². The number of para-hydroxylation sites is 2. The second-order valence-electron chi connectivity index (χ2n) is 5.38. The second-order valence-corrected chi connectivity index (χ2v) is 5.38. The van der Waals surface area contributed by atoms with Crippen molar-refractivity contribution in [2.24, 2.45) is 5.73 Å². The predicted octanol–water partition coefficient (Wildman–Crippen LogP) is 2.40. The van der Waals surface area contributed by atoms with E-state index < -0.39 is 5.91 Å². The van der Waals surface area contributed by atoms with Gasteiger partial charge >= 0.3 is 0 Å². The highest BCUT2D eigenvalue weighted by Gasteiger charge is 2.19. The molecule has 8 heteroatoms. The zero-order chi connectivity index (χ0) is 18.5. The Hall–Kier alpha value is -3.81. The molecule has 0 aliphatic heterocycles. The number of primary amides is 1. The topological polar surface area (TPSA) is 114 Å². The normalized spacial score (nSPS) is 10.2. The van der Waals surface area contributed by atoms with E-state index in [2.05, 4.69) is 20.3 Å². The van der Waals surface area contributed by atoms with Crippen molar-refractivity contribution in [2.75, 3.05) is 10.2 Å². The molecule has 2 amide bonds. The molecule has 0 aliphatic carbocycles. The molecule has 0 atom stereocenters. The molecule has 0 spiro atoms. The second kappa shape index (κ2) is 7.39. The first-order valence-electron chi connectivity index (χ1n) is 7.75. The summed E-state index contributed by atoms with van der Waals surface area (Å²) in [6.07, 6.45) is 6.01. The molecule has 26 heavy (non-hydrogen) atoms. The first-order chi connectivity index (χ1) is 12.6. The third-order valence-electron chi connectivity index (χ3n) is 3.48. The number of hydrogen-bond donors (Lipinski definition) is 2. The maximum Gasteiger partial charge on any atom is 0.251 e. The summed E-state index contributed by atoms with van der Waals surface area (Å²) in [5, 5.41) is 2.79. The summed E-state index contributed by atoms with van der Waals surface area (Å²) in [4.78, 5) is 37.2. The Morgan fingerprint density at radius 3 is 2.38 bits per heavy atom. The molecule has 3 aromatic rings. The predicted molar refractivity (Wildman–Crippen MR) is 97.3 cm³/mol. The number of nitrogens with one attached hydrogen (secondary N) is 1. The van der Waals surface area contributed by atoms with Crippen LogP contribution in [0.5, 0.6) is 0 Å². The maximum atomic E-state index is 11.6. The molecule has 3 rings (SSSR count). The summed E-state index contributed by atoms with van der Waals surface area (Å²) in [5.41, 5.74) is 7.39. The molecule has 0 unspecified atom stereocenters. The average molecular weight is 348 g/mol. The number of pyridine rings is 1. The van der Waals surface area contributed by atoms with Gasteiger partial charge in [-0.3, -0.25) is 19.5 Å². The van der Waals surface area contributed by atoms with Gasteiger partial charge in [-0.2, -0.15) is 0 Å². The summed E-state index contributed by atoms with van der Waals surface area (Å²) >= 11 is 0. The number of benzene rings is 1. The Kier molecular flexibility index (Phi) is 4.84. The summed E-state index contributed by atoms with van der Waals surface area (Å²) in [7, 11) is 0. The zero-order valence-electron chi connectivity index (χ0n) is 14.0. The van der Waals surface area contributed by atoms with E-state index in [0.717, 1.165) is 0 Å². The third-order valence-corrected chi connectivity index (χ3v) is 3.48. The van der Waals surface area contributed by atoms with Crippen LogP contribution in [-0.2, 0) is 4.79 Å². The van der Waals surface area contributed by atoms with Crippen LogP contribution in [-0.4, -0.2) is 26.8 Å². The van der Waals surface area contributed by atoms with Gasteiger partial charge < -0.3 is 11.1 Å². The summed E-state index contributed by atoms with van der Waals surface area (Å²) in [6, 6.07) is 10.9. The molecular weight excluding hydrogens is 332 g/mol. The Labute approximate surface area is 149 Å². The van der Waals surface area contributed by atoms with Gasteiger partial charge in [0, 0.05) is 25.5 Å². The molecule has 1 aromatic carbocycles. The van der Waals surface area contributed by atoms with Gasteiger partial charge in [-0.1, -0.05) is 12.1 Å². The number of nitrogens with zero attached hydrogens (tertiary/aromatic N) is 4. The van der Waals surface area contributed by atoms with Crippen molar-refractivity contribution in [1.82, 2.24) is 15.0 Å². The van der Waals surface area contributed by atoms with Crippen molar-refractivity contribution in [3.05, 3.63) is 66.7 Å². The van der Waals surface area contributed by atoms with Crippen LogP contribution < -0.4 is 16.0 Å². The number of aromatic nitrogens is 3. The molecular formula is C18H16N6O2. The molecule has 0 aliphatic rings. The molecule has 0 saturated carbocycles. The Morgan fingerprint density at radius 1 is 1.04 bits per heavy atom. The molecule has 0 radical (unpaired) electrons. The van der Waals surface area contributed by atoms with Gasteiger partial charge in [0.05, 0.1) is 28.8 Å². The van der Waals surface area contributed by atoms with Crippen molar-refractivity contribution in [1.29, 1.82) is 0 Å². The van der Waals surface area contributed by atoms with Crippen LogP contribution in [0.2, 0.25) is 0 Å². The van der Waals surface area contributed by atoms with E-state index in [9.17, 15) is 9.59 Å². The number of rotatable bonds is 5. The molecule has 0 bridgehead atoms. The standard InChI is InChI=1S/C18H16N6O2/c1-12(25)23-15-6-2-3-7-16(15)24(14-5-4-8-20-11-14)18-21-9-13(10-22-18)17(19)26/h2-11H,1H3,(H2,19,26)(H,23,25). The molecule has 130 valence electrons. The van der Waals surface area contributed by atoms with Crippen LogP contribution in [0.3, 0.4) is 0 Å². The minimum Gasteiger partial charge on any atom is -0.366 e. The molecule has 2 aromatic heterocycles. The van der Waals surface area contributed by atoms with Crippen LogP contribution in [0.15, 0.2) is 61.2 Å². The molecule has 0 fully saturated rings. The fourth-order valence-electron chi connectivity index (χ4n) is 2.38. The van der Waals surface area contributed by atoms with Crippen LogP contribution in [0.25, 0.3) is 0 Å². The summed E-state index contributed by atoms with van der Waals surface area (Å²) in [6.45, 7) is 1.43. The van der Waals surface area contributed by atoms with Gasteiger partial charge in [-0.25, -0.2) is 9.97 Å². The largest absolute Gasteiger partial charge is 0.366 e. The Balaban J connectivity index is 2.14. The highest BCUT2D eigenvalue weighted by Crippen LogP contribution is 2.36. The zero-order valence-corrected chi connectivity index (χ0v) is 14.0. The first-order valence-corrected chi connectivity index (χ1v) is 7.75. The Bertz CT molecular complexity index is 928. The van der Waals surface area contributed by atoms with E-state index in [-0.39, 0.29) is 11.5 Å². The fourth-order valence-corrected chi connectivity index (χ4v) is 2.38. The van der Waals surface area contributed by atoms with E-state index in [1.54, 1.807) is 29.4 Å². The molecule has 2 heterocycles. The quantitative estimate of drug-likeness (QED) is 0.732. The van der Waals surface area contributed by atoms with Crippen molar-refractivity contribution < 1.29 is 9.59 Å². The van der Waals surface area contributed by atoms with Gasteiger partial charge in [0.2, 0.25) is 11.9 Å². The van der Waals surface area contributed by atoms with Crippen molar-refractivity contribution in [3.63, 3.8) is 0 Å². The van der Waals surface area contributed by atoms with Crippen LogP contribution >= 0.6 is 0 Å². The number of nitrogens with two attached hydrogens (primary N) is 1. The van der Waals surface area contributed by atoms with E-state index in [1.165, 1.54) is 19.3 Å². The van der Waals surface area contributed by atoms with E-state index in [0.29, 0.717) is 23.0 Å². The van der Waals surface area contributed by atoms with Crippen LogP contribution in [0.1, 0.15) is 17.3 Å². The minimum absolute atomic E-state index is 0.200. The van der Waals surface area contributed by atoms with Crippen LogP contribution in [0.4, 0.5) is 23.0 Å². The van der Waals surface area contributed by atoms with E-state index >= 15 is 0 Å². The maximum absolute atomic E-state index is 11.6. The van der Waals surface area contributed by atoms with Gasteiger partial charge in [0.25, 0.3) is 5.91 Å². The van der Waals surface area contributed by atoms with Gasteiger partial charge in [0.15, 0.2) is 0 Å². The number of hydrogen-bond acceptors (Lipinski definition) is 6. The lowest BCUT2D eigenvalue weighted by Crippen LogP contribution is -2.18. The van der Waals surface area contributed by atoms with Gasteiger partial charge in [-0.05, 0) is 24.3 Å². The summed E-state index contributed by atoms with van der Waals surface area (Å²) in [5.74, 6) is -0.502. The lowest BCUT2D eigenvalue weighted by Gasteiger charge is -2.25. The SMILES string of the molecule is CC(=O)Nc1ccccc1N(c1cccnc1)c1ncc(C(N)=O)cn1. The number of anilines is 4. The van der Waals surface area contributed by atoms with Crippen molar-refractivity contribution in [3.8, 4) is 0 Å². The van der Waals surface area contributed by atoms with Gasteiger partial charge in [0.1, 0.15) is 0 Å². The number of carbonyl (C=O) groups excluding carboxylic acids is 2. The summed E-state index contributed by atoms with van der Waals surface area (Å²) < 4.78 is 0. The average Bonchev–Trinajstić information content (AvgIpc) is 2.64. The monoisotopic (exact) mass is 348 g/mol. The Morgan fingerprint density at radius 2 is 1.77 bits per heavy atom. The first kappa shape index (κ1) is 17.0.